The molecule has 7 heteroatoms. The Morgan fingerprint density at radius 3 is 2.72 bits per heavy atom. The van der Waals surface area contributed by atoms with Gasteiger partial charge < -0.3 is 14.5 Å². The van der Waals surface area contributed by atoms with Gasteiger partial charge in [-0.05, 0) is 38.0 Å². The van der Waals surface area contributed by atoms with Gasteiger partial charge in [0.25, 0.3) is 5.91 Å². The molecule has 1 aromatic carbocycles. The van der Waals surface area contributed by atoms with Crippen molar-refractivity contribution >= 4 is 34.4 Å². The maximum atomic E-state index is 12.2. The van der Waals surface area contributed by atoms with Gasteiger partial charge in [0, 0.05) is 17.1 Å². The Hall–Kier alpha value is -2.34. The molecule has 1 aromatic heterocycles. The van der Waals surface area contributed by atoms with Crippen LogP contribution in [0.3, 0.4) is 0 Å². The van der Waals surface area contributed by atoms with Gasteiger partial charge in [-0.1, -0.05) is 24.4 Å². The monoisotopic (exact) mass is 363 g/mol. The fourth-order valence-electron chi connectivity index (χ4n) is 2.89. The summed E-state index contributed by atoms with van der Waals surface area (Å²) >= 11 is 5.85. The molecule has 1 aliphatic carbocycles. The predicted octanol–water partition coefficient (Wildman–Crippen LogP) is 3.05. The van der Waals surface area contributed by atoms with Crippen molar-refractivity contribution in [2.24, 2.45) is 0 Å². The smallest absolute Gasteiger partial charge is 0.375 e. The maximum absolute atomic E-state index is 12.2. The molecule has 0 saturated heterocycles. The number of carbonyl (C=O) groups is 2. The number of rotatable bonds is 4. The van der Waals surface area contributed by atoms with Crippen molar-refractivity contribution in [1.82, 2.24) is 5.32 Å². The highest BCUT2D eigenvalue weighted by Gasteiger charge is 2.24. The zero-order chi connectivity index (χ0) is 18.0. The van der Waals surface area contributed by atoms with E-state index in [0.29, 0.717) is 5.02 Å². The third-order valence-electron chi connectivity index (χ3n) is 4.24. The summed E-state index contributed by atoms with van der Waals surface area (Å²) in [5, 5.41) is 3.53. The minimum absolute atomic E-state index is 0.136. The number of fused-ring (bicyclic) bond motifs is 1. The van der Waals surface area contributed by atoms with Crippen molar-refractivity contribution in [3.63, 3.8) is 0 Å². The lowest BCUT2D eigenvalue weighted by atomic mass is 10.2. The van der Waals surface area contributed by atoms with Crippen LogP contribution in [0.15, 0.2) is 33.5 Å². The second-order valence-corrected chi connectivity index (χ2v) is 6.59. The number of amides is 1. The van der Waals surface area contributed by atoms with E-state index in [4.69, 9.17) is 20.8 Å². The Kier molecular flexibility index (Phi) is 5.08. The van der Waals surface area contributed by atoms with Crippen LogP contribution in [0, 0.1) is 0 Å². The molecule has 1 heterocycles. The van der Waals surface area contributed by atoms with E-state index in [1.54, 1.807) is 6.07 Å². The number of nitrogens with one attached hydrogen (secondary N) is 1. The third-order valence-corrected chi connectivity index (χ3v) is 4.48. The Morgan fingerprint density at radius 1 is 1.28 bits per heavy atom. The highest BCUT2D eigenvalue weighted by Crippen LogP contribution is 2.19. The van der Waals surface area contributed by atoms with E-state index in [0.717, 1.165) is 31.7 Å². The van der Waals surface area contributed by atoms with Crippen molar-refractivity contribution in [2.75, 3.05) is 0 Å². The SMILES string of the molecule is CC(OC(=O)c1cc(=O)c2cc(Cl)ccc2o1)C(=O)NC1CCCC1. The molecule has 1 fully saturated rings. The molecule has 1 amide bonds. The van der Waals surface area contributed by atoms with Gasteiger partial charge in [-0.3, -0.25) is 9.59 Å². The maximum Gasteiger partial charge on any atom is 0.375 e. The minimum atomic E-state index is -0.973. The molecular formula is C18H18ClNO5. The summed E-state index contributed by atoms with van der Waals surface area (Å²) in [4.78, 5) is 36.4. The summed E-state index contributed by atoms with van der Waals surface area (Å²) < 4.78 is 10.5. The van der Waals surface area contributed by atoms with Crippen LogP contribution in [-0.2, 0) is 9.53 Å². The number of esters is 1. The number of benzene rings is 1. The van der Waals surface area contributed by atoms with Crippen LogP contribution in [-0.4, -0.2) is 24.0 Å². The average molecular weight is 364 g/mol. The van der Waals surface area contributed by atoms with Crippen LogP contribution in [0.5, 0.6) is 0 Å². The quantitative estimate of drug-likeness (QED) is 0.844. The van der Waals surface area contributed by atoms with E-state index in [2.05, 4.69) is 5.32 Å². The van der Waals surface area contributed by atoms with E-state index in [1.807, 2.05) is 0 Å². The van der Waals surface area contributed by atoms with E-state index in [1.165, 1.54) is 19.1 Å². The van der Waals surface area contributed by atoms with Crippen LogP contribution in [0.25, 0.3) is 11.0 Å². The fraction of sp³-hybridized carbons (Fsp3) is 0.389. The van der Waals surface area contributed by atoms with Gasteiger partial charge in [0.05, 0.1) is 5.39 Å². The summed E-state index contributed by atoms with van der Waals surface area (Å²) in [5.41, 5.74) is -0.175. The van der Waals surface area contributed by atoms with Gasteiger partial charge in [-0.2, -0.15) is 0 Å². The number of carbonyl (C=O) groups excluding carboxylic acids is 2. The van der Waals surface area contributed by atoms with E-state index >= 15 is 0 Å². The molecule has 0 radical (unpaired) electrons. The van der Waals surface area contributed by atoms with Gasteiger partial charge in [0.15, 0.2) is 11.5 Å². The lowest BCUT2D eigenvalue weighted by Gasteiger charge is -2.16. The van der Waals surface area contributed by atoms with Crippen LogP contribution >= 0.6 is 11.6 Å². The molecule has 1 saturated carbocycles. The van der Waals surface area contributed by atoms with Gasteiger partial charge >= 0.3 is 5.97 Å². The Bertz CT molecular complexity index is 869. The highest BCUT2D eigenvalue weighted by atomic mass is 35.5. The summed E-state index contributed by atoms with van der Waals surface area (Å²) in [5.74, 6) is -1.46. The molecule has 0 bridgehead atoms. The summed E-state index contributed by atoms with van der Waals surface area (Å²) in [6.07, 6.45) is 3.08. The number of ether oxygens (including phenoxy) is 1. The number of halogens is 1. The van der Waals surface area contributed by atoms with Crippen LogP contribution in [0.2, 0.25) is 5.02 Å². The summed E-state index contributed by atoms with van der Waals surface area (Å²) in [6, 6.07) is 5.71. The van der Waals surface area contributed by atoms with Gasteiger partial charge in [-0.25, -0.2) is 4.79 Å². The van der Waals surface area contributed by atoms with Crippen LogP contribution < -0.4 is 10.7 Å². The first-order chi connectivity index (χ1) is 11.9. The summed E-state index contributed by atoms with van der Waals surface area (Å²) in [7, 11) is 0. The lowest BCUT2D eigenvalue weighted by molar-refractivity contribution is -0.129. The highest BCUT2D eigenvalue weighted by molar-refractivity contribution is 6.31. The Labute approximate surface area is 149 Å². The Balaban J connectivity index is 1.72. The number of hydrogen-bond acceptors (Lipinski definition) is 5. The van der Waals surface area contributed by atoms with Crippen LogP contribution in [0.4, 0.5) is 0 Å². The van der Waals surface area contributed by atoms with E-state index in [9.17, 15) is 14.4 Å². The molecule has 0 aliphatic heterocycles. The second kappa shape index (κ2) is 7.27. The largest absolute Gasteiger partial charge is 0.449 e. The van der Waals surface area contributed by atoms with Crippen molar-refractivity contribution in [2.45, 2.75) is 44.8 Å². The molecule has 6 nitrogen and oxygen atoms in total. The zero-order valence-electron chi connectivity index (χ0n) is 13.7. The molecule has 1 N–H and O–H groups in total. The van der Waals surface area contributed by atoms with Crippen molar-refractivity contribution < 1.29 is 18.7 Å². The first-order valence-electron chi connectivity index (χ1n) is 8.19. The van der Waals surface area contributed by atoms with Crippen molar-refractivity contribution in [1.29, 1.82) is 0 Å². The topological polar surface area (TPSA) is 85.6 Å². The third kappa shape index (κ3) is 4.02. The van der Waals surface area contributed by atoms with Crippen LogP contribution in [0.1, 0.15) is 43.2 Å². The molecular weight excluding hydrogens is 346 g/mol. The van der Waals surface area contributed by atoms with Gasteiger partial charge in [-0.15, -0.1) is 0 Å². The van der Waals surface area contributed by atoms with Crippen molar-refractivity contribution in [3.8, 4) is 0 Å². The van der Waals surface area contributed by atoms with E-state index in [-0.39, 0.29) is 28.7 Å². The molecule has 25 heavy (non-hydrogen) atoms. The zero-order valence-corrected chi connectivity index (χ0v) is 14.5. The second-order valence-electron chi connectivity index (χ2n) is 6.15. The summed E-state index contributed by atoms with van der Waals surface area (Å²) in [6.45, 7) is 1.49. The molecule has 1 aliphatic rings. The van der Waals surface area contributed by atoms with Gasteiger partial charge in [0.1, 0.15) is 5.58 Å². The van der Waals surface area contributed by atoms with E-state index < -0.39 is 17.5 Å². The fourth-order valence-corrected chi connectivity index (χ4v) is 3.06. The first-order valence-corrected chi connectivity index (χ1v) is 8.56. The van der Waals surface area contributed by atoms with Crippen molar-refractivity contribution in [3.05, 3.63) is 45.3 Å². The molecule has 1 atom stereocenters. The normalized spacial score (nSPS) is 15.9. The first kappa shape index (κ1) is 17.5. The van der Waals surface area contributed by atoms with Gasteiger partial charge in [0.2, 0.25) is 5.76 Å². The lowest BCUT2D eigenvalue weighted by Crippen LogP contribution is -2.40. The minimum Gasteiger partial charge on any atom is -0.449 e. The molecule has 0 spiro atoms. The molecule has 132 valence electrons. The Morgan fingerprint density at radius 2 is 2.00 bits per heavy atom. The predicted molar refractivity (Wildman–Crippen MR) is 92.8 cm³/mol. The number of hydrogen-bond donors (Lipinski definition) is 1. The molecule has 1 unspecified atom stereocenters. The standard InChI is InChI=1S/C18H18ClNO5/c1-10(17(22)20-12-4-2-3-5-12)24-18(23)16-9-14(21)13-8-11(19)6-7-15(13)25-16/h6-10,12H,2-5H2,1H3,(H,20,22). The molecule has 2 aromatic rings. The average Bonchev–Trinajstić information content (AvgIpc) is 3.08. The molecule has 3 rings (SSSR count).